The zero-order valence-electron chi connectivity index (χ0n) is 7.94. The number of aldehydes is 1. The van der Waals surface area contributed by atoms with Gasteiger partial charge in [0.05, 0.1) is 0 Å². The van der Waals surface area contributed by atoms with E-state index in [9.17, 15) is 9.59 Å². The monoisotopic (exact) mass is 199 g/mol. The van der Waals surface area contributed by atoms with Gasteiger partial charge in [-0.2, -0.15) is 0 Å². The summed E-state index contributed by atoms with van der Waals surface area (Å²) in [6.45, 7) is 0. The summed E-state index contributed by atoms with van der Waals surface area (Å²) < 4.78 is 0. The Balaban J connectivity index is 2.64. The summed E-state index contributed by atoms with van der Waals surface area (Å²) in [6.07, 6.45) is 0.793. The highest BCUT2D eigenvalue weighted by Gasteiger charge is 2.01. The van der Waals surface area contributed by atoms with Crippen LogP contribution in [0.1, 0.15) is 20.7 Å². The molecule has 0 saturated carbocycles. The minimum absolute atomic E-state index is 0.448. The van der Waals surface area contributed by atoms with E-state index in [0.717, 1.165) is 17.1 Å². The number of benzene rings is 2. The van der Waals surface area contributed by atoms with E-state index in [4.69, 9.17) is 5.73 Å². The van der Waals surface area contributed by atoms with Gasteiger partial charge in [-0.25, -0.2) is 0 Å². The van der Waals surface area contributed by atoms with Crippen LogP contribution >= 0.6 is 0 Å². The Kier molecular flexibility index (Phi) is 2.21. The van der Waals surface area contributed by atoms with Gasteiger partial charge < -0.3 is 5.73 Å². The first-order valence-electron chi connectivity index (χ1n) is 4.49. The SMILES string of the molecule is NC(=O)c1ccc2cc(C=O)ccc2c1. The van der Waals surface area contributed by atoms with Crippen molar-refractivity contribution in [2.24, 2.45) is 5.73 Å². The number of hydrogen-bond acceptors (Lipinski definition) is 2. The second kappa shape index (κ2) is 3.53. The van der Waals surface area contributed by atoms with Crippen LogP contribution in [-0.2, 0) is 0 Å². The third-order valence-electron chi connectivity index (χ3n) is 2.28. The molecule has 0 fully saturated rings. The molecule has 2 rings (SSSR count). The van der Waals surface area contributed by atoms with Crippen molar-refractivity contribution in [1.29, 1.82) is 0 Å². The molecule has 0 radical (unpaired) electrons. The van der Waals surface area contributed by atoms with E-state index in [0.29, 0.717) is 11.1 Å². The highest BCUT2D eigenvalue weighted by atomic mass is 16.1. The molecule has 0 atom stereocenters. The van der Waals surface area contributed by atoms with Gasteiger partial charge in [0.1, 0.15) is 6.29 Å². The Morgan fingerprint density at radius 3 is 2.40 bits per heavy atom. The maximum Gasteiger partial charge on any atom is 0.248 e. The molecule has 0 aliphatic heterocycles. The summed E-state index contributed by atoms with van der Waals surface area (Å²) in [7, 11) is 0. The molecule has 0 spiro atoms. The van der Waals surface area contributed by atoms with Crippen LogP contribution < -0.4 is 5.73 Å². The van der Waals surface area contributed by atoms with Gasteiger partial charge in [-0.1, -0.05) is 18.2 Å². The van der Waals surface area contributed by atoms with E-state index in [-0.39, 0.29) is 0 Å². The van der Waals surface area contributed by atoms with Crippen molar-refractivity contribution in [3.8, 4) is 0 Å². The first-order chi connectivity index (χ1) is 7.20. The zero-order chi connectivity index (χ0) is 10.8. The van der Waals surface area contributed by atoms with Crippen LogP contribution in [0.4, 0.5) is 0 Å². The van der Waals surface area contributed by atoms with Crippen molar-refractivity contribution < 1.29 is 9.59 Å². The molecule has 2 aromatic carbocycles. The number of primary amides is 1. The minimum atomic E-state index is -0.448. The molecule has 2 aromatic rings. The first-order valence-corrected chi connectivity index (χ1v) is 4.49. The largest absolute Gasteiger partial charge is 0.366 e. The molecule has 0 aliphatic rings. The lowest BCUT2D eigenvalue weighted by molar-refractivity contribution is 0.1000. The maximum absolute atomic E-state index is 10.9. The lowest BCUT2D eigenvalue weighted by atomic mass is 10.0. The molecule has 0 saturated heterocycles. The highest BCUT2D eigenvalue weighted by Crippen LogP contribution is 2.17. The molecular formula is C12H9NO2. The van der Waals surface area contributed by atoms with Crippen molar-refractivity contribution in [3.05, 3.63) is 47.5 Å². The first kappa shape index (κ1) is 9.40. The third kappa shape index (κ3) is 1.72. The summed E-state index contributed by atoms with van der Waals surface area (Å²) in [6, 6.07) is 10.4. The van der Waals surface area contributed by atoms with E-state index in [1.165, 1.54) is 0 Å². The molecule has 3 heteroatoms. The topological polar surface area (TPSA) is 60.2 Å². The van der Waals surface area contributed by atoms with E-state index in [1.807, 2.05) is 0 Å². The standard InChI is InChI=1S/C12H9NO2/c13-12(15)11-4-3-9-5-8(7-14)1-2-10(9)6-11/h1-7H,(H2,13,15). The zero-order valence-corrected chi connectivity index (χ0v) is 7.94. The van der Waals surface area contributed by atoms with Gasteiger partial charge in [0.25, 0.3) is 0 Å². The Morgan fingerprint density at radius 1 is 1.07 bits per heavy atom. The summed E-state index contributed by atoms with van der Waals surface area (Å²) in [5, 5.41) is 1.82. The van der Waals surface area contributed by atoms with Crippen LogP contribution in [0, 0.1) is 0 Å². The number of amides is 1. The van der Waals surface area contributed by atoms with Crippen LogP contribution in [0.25, 0.3) is 10.8 Å². The fourth-order valence-corrected chi connectivity index (χ4v) is 1.49. The van der Waals surface area contributed by atoms with Gasteiger partial charge in [-0.05, 0) is 29.0 Å². The van der Waals surface area contributed by atoms with Gasteiger partial charge >= 0.3 is 0 Å². The number of nitrogens with two attached hydrogens (primary N) is 1. The second-order valence-electron chi connectivity index (χ2n) is 3.30. The fraction of sp³-hybridized carbons (Fsp3) is 0. The molecule has 0 heterocycles. The molecule has 15 heavy (non-hydrogen) atoms. The number of rotatable bonds is 2. The highest BCUT2D eigenvalue weighted by molar-refractivity contribution is 5.98. The molecule has 1 amide bonds. The molecule has 0 unspecified atom stereocenters. The van der Waals surface area contributed by atoms with Gasteiger partial charge in [-0.3, -0.25) is 9.59 Å². The van der Waals surface area contributed by atoms with Crippen molar-refractivity contribution in [2.75, 3.05) is 0 Å². The van der Waals surface area contributed by atoms with E-state index in [2.05, 4.69) is 0 Å². The van der Waals surface area contributed by atoms with E-state index in [1.54, 1.807) is 36.4 Å². The summed E-state index contributed by atoms with van der Waals surface area (Å²) >= 11 is 0. The Bertz CT molecular complexity index is 546. The molecule has 0 aromatic heterocycles. The van der Waals surface area contributed by atoms with Crippen LogP contribution in [0.3, 0.4) is 0 Å². The maximum atomic E-state index is 10.9. The normalized spacial score (nSPS) is 10.1. The van der Waals surface area contributed by atoms with Gasteiger partial charge in [-0.15, -0.1) is 0 Å². The van der Waals surface area contributed by atoms with Crippen LogP contribution in [0.5, 0.6) is 0 Å². The number of hydrogen-bond donors (Lipinski definition) is 1. The molecular weight excluding hydrogens is 190 g/mol. The Labute approximate surface area is 86.5 Å². The molecule has 0 bridgehead atoms. The molecule has 2 N–H and O–H groups in total. The van der Waals surface area contributed by atoms with E-state index < -0.39 is 5.91 Å². The van der Waals surface area contributed by atoms with Crippen LogP contribution in [0.15, 0.2) is 36.4 Å². The Morgan fingerprint density at radius 2 is 1.73 bits per heavy atom. The second-order valence-corrected chi connectivity index (χ2v) is 3.30. The van der Waals surface area contributed by atoms with Crippen molar-refractivity contribution in [1.82, 2.24) is 0 Å². The lowest BCUT2D eigenvalue weighted by Crippen LogP contribution is -2.10. The predicted molar refractivity (Wildman–Crippen MR) is 57.9 cm³/mol. The third-order valence-corrected chi connectivity index (χ3v) is 2.28. The van der Waals surface area contributed by atoms with Gasteiger partial charge in [0, 0.05) is 11.1 Å². The van der Waals surface area contributed by atoms with Crippen LogP contribution in [-0.4, -0.2) is 12.2 Å². The number of carbonyl (C=O) groups excluding carboxylic acids is 2. The van der Waals surface area contributed by atoms with Gasteiger partial charge in [0.15, 0.2) is 0 Å². The summed E-state index contributed by atoms with van der Waals surface area (Å²) in [4.78, 5) is 21.5. The quantitative estimate of drug-likeness (QED) is 0.749. The van der Waals surface area contributed by atoms with E-state index >= 15 is 0 Å². The van der Waals surface area contributed by atoms with Gasteiger partial charge in [0.2, 0.25) is 5.91 Å². The molecule has 0 aliphatic carbocycles. The lowest BCUT2D eigenvalue weighted by Gasteiger charge is -2.00. The van der Waals surface area contributed by atoms with Crippen molar-refractivity contribution >= 4 is 23.0 Å². The smallest absolute Gasteiger partial charge is 0.248 e. The fourth-order valence-electron chi connectivity index (χ4n) is 1.49. The van der Waals surface area contributed by atoms with Crippen molar-refractivity contribution in [2.45, 2.75) is 0 Å². The molecule has 3 nitrogen and oxygen atoms in total. The average Bonchev–Trinajstić information content (AvgIpc) is 2.27. The predicted octanol–water partition coefficient (Wildman–Crippen LogP) is 1.75. The van der Waals surface area contributed by atoms with Crippen LogP contribution in [0.2, 0.25) is 0 Å². The van der Waals surface area contributed by atoms with Crippen molar-refractivity contribution in [3.63, 3.8) is 0 Å². The molecule has 74 valence electrons. The Hall–Kier alpha value is -2.16. The summed E-state index contributed by atoms with van der Waals surface area (Å²) in [5.74, 6) is -0.448. The average molecular weight is 199 g/mol. The number of carbonyl (C=O) groups is 2. The summed E-state index contributed by atoms with van der Waals surface area (Å²) in [5.41, 5.74) is 6.26. The minimum Gasteiger partial charge on any atom is -0.366 e. The number of fused-ring (bicyclic) bond motifs is 1.